The molecule has 0 amide bonds. The summed E-state index contributed by atoms with van der Waals surface area (Å²) in [6.07, 6.45) is 4.41. The molecule has 0 N–H and O–H groups in total. The minimum absolute atomic E-state index is 0.0126. The number of ether oxygens (including phenoxy) is 2. The lowest BCUT2D eigenvalue weighted by Crippen LogP contribution is -2.32. The van der Waals surface area contributed by atoms with Crippen LogP contribution in [-0.4, -0.2) is 30.4 Å². The summed E-state index contributed by atoms with van der Waals surface area (Å²) in [6.45, 7) is 1.36. The Morgan fingerprint density at radius 3 is 2.04 bits per heavy atom. The first-order valence-electron chi connectivity index (χ1n) is 9.22. The molecule has 0 aromatic carbocycles. The van der Waals surface area contributed by atoms with Gasteiger partial charge in [-0.15, -0.1) is 0 Å². The maximum absolute atomic E-state index is 12.6. The van der Waals surface area contributed by atoms with Crippen LogP contribution in [0.25, 0.3) is 0 Å². The minimum atomic E-state index is -0.867. The van der Waals surface area contributed by atoms with Crippen LogP contribution in [0.3, 0.4) is 0 Å². The molecular formula is C20H24O6. The van der Waals surface area contributed by atoms with E-state index < -0.39 is 11.9 Å². The molecule has 6 nitrogen and oxygen atoms in total. The summed E-state index contributed by atoms with van der Waals surface area (Å²) in [7, 11) is 1.25. The zero-order chi connectivity index (χ0) is 18.8. The van der Waals surface area contributed by atoms with Gasteiger partial charge < -0.3 is 9.47 Å². The van der Waals surface area contributed by atoms with E-state index in [1.54, 1.807) is 0 Å². The molecule has 0 saturated heterocycles. The van der Waals surface area contributed by atoms with Crippen molar-refractivity contribution >= 4 is 23.3 Å². The highest BCUT2D eigenvalue weighted by Crippen LogP contribution is 2.45. The molecule has 0 fully saturated rings. The van der Waals surface area contributed by atoms with Crippen molar-refractivity contribution in [3.05, 3.63) is 22.7 Å². The zero-order valence-electron chi connectivity index (χ0n) is 15.3. The number of hydrogen-bond donors (Lipinski definition) is 0. The first-order chi connectivity index (χ1) is 12.4. The summed E-state index contributed by atoms with van der Waals surface area (Å²) >= 11 is 0. The SMILES string of the molecule is COC(=O)C(CCC1C2=C(CCCC2=O)OC2=C1C(=O)CCC2)C(C)=O. The summed E-state index contributed by atoms with van der Waals surface area (Å²) in [6, 6.07) is 0. The second-order valence-corrected chi connectivity index (χ2v) is 7.15. The highest BCUT2D eigenvalue weighted by molar-refractivity contribution is 6.04. The molecular weight excluding hydrogens is 336 g/mol. The third-order valence-electron chi connectivity index (χ3n) is 5.48. The molecule has 0 bridgehead atoms. The summed E-state index contributed by atoms with van der Waals surface area (Å²) in [4.78, 5) is 48.8. The first-order valence-corrected chi connectivity index (χ1v) is 9.22. The molecule has 0 saturated carbocycles. The molecule has 3 rings (SSSR count). The van der Waals surface area contributed by atoms with Crippen LogP contribution in [-0.2, 0) is 28.7 Å². The van der Waals surface area contributed by atoms with Gasteiger partial charge in [-0.25, -0.2) is 0 Å². The van der Waals surface area contributed by atoms with E-state index in [9.17, 15) is 19.2 Å². The first kappa shape index (κ1) is 18.5. The van der Waals surface area contributed by atoms with E-state index in [1.807, 2.05) is 0 Å². The third-order valence-corrected chi connectivity index (χ3v) is 5.48. The van der Waals surface area contributed by atoms with Crippen LogP contribution in [0.4, 0.5) is 0 Å². The number of methoxy groups -OCH3 is 1. The molecule has 0 aromatic heterocycles. The summed E-state index contributed by atoms with van der Waals surface area (Å²) in [5.74, 6) is -0.698. The van der Waals surface area contributed by atoms with Crippen molar-refractivity contribution in [3.63, 3.8) is 0 Å². The molecule has 0 aromatic rings. The molecule has 1 atom stereocenters. The minimum Gasteiger partial charge on any atom is -0.468 e. The van der Waals surface area contributed by atoms with Crippen molar-refractivity contribution in [1.29, 1.82) is 0 Å². The van der Waals surface area contributed by atoms with Crippen LogP contribution in [0.5, 0.6) is 0 Å². The Labute approximate surface area is 152 Å². The highest BCUT2D eigenvalue weighted by atomic mass is 16.5. The second-order valence-electron chi connectivity index (χ2n) is 7.15. The fourth-order valence-corrected chi connectivity index (χ4v) is 4.20. The zero-order valence-corrected chi connectivity index (χ0v) is 15.3. The van der Waals surface area contributed by atoms with E-state index in [0.717, 1.165) is 12.8 Å². The lowest BCUT2D eigenvalue weighted by molar-refractivity contribution is -0.149. The van der Waals surface area contributed by atoms with E-state index in [-0.39, 0.29) is 29.7 Å². The largest absolute Gasteiger partial charge is 0.468 e. The van der Waals surface area contributed by atoms with Crippen molar-refractivity contribution in [2.75, 3.05) is 7.11 Å². The lowest BCUT2D eigenvalue weighted by Gasteiger charge is -2.36. The molecule has 1 unspecified atom stereocenters. The number of rotatable bonds is 5. The molecule has 1 aliphatic heterocycles. The smallest absolute Gasteiger partial charge is 0.316 e. The van der Waals surface area contributed by atoms with Crippen LogP contribution < -0.4 is 0 Å². The number of allylic oxidation sites excluding steroid dienone is 4. The Bertz CT molecular complexity index is 685. The van der Waals surface area contributed by atoms with Gasteiger partial charge in [0.25, 0.3) is 0 Å². The van der Waals surface area contributed by atoms with Gasteiger partial charge in [-0.2, -0.15) is 0 Å². The van der Waals surface area contributed by atoms with Gasteiger partial charge in [-0.1, -0.05) is 0 Å². The van der Waals surface area contributed by atoms with Gasteiger partial charge in [0, 0.05) is 42.7 Å². The topological polar surface area (TPSA) is 86.7 Å². The number of hydrogen-bond acceptors (Lipinski definition) is 6. The molecule has 0 radical (unpaired) electrons. The second kappa shape index (κ2) is 7.56. The van der Waals surface area contributed by atoms with Crippen LogP contribution in [0, 0.1) is 11.8 Å². The Kier molecular flexibility index (Phi) is 5.39. The van der Waals surface area contributed by atoms with Gasteiger partial charge in [0.15, 0.2) is 11.6 Å². The number of carbonyl (C=O) groups excluding carboxylic acids is 4. The Balaban J connectivity index is 1.92. The maximum atomic E-state index is 12.6. The van der Waals surface area contributed by atoms with Gasteiger partial charge in [0.2, 0.25) is 0 Å². The van der Waals surface area contributed by atoms with Crippen LogP contribution in [0.2, 0.25) is 0 Å². The third kappa shape index (κ3) is 3.37. The Morgan fingerprint density at radius 1 is 1.04 bits per heavy atom. The normalized spacial score (nSPS) is 21.8. The fourth-order valence-electron chi connectivity index (χ4n) is 4.20. The molecule has 3 aliphatic rings. The van der Waals surface area contributed by atoms with Gasteiger partial charge in [0.1, 0.15) is 23.2 Å². The monoisotopic (exact) mass is 360 g/mol. The van der Waals surface area contributed by atoms with Gasteiger partial charge in [-0.3, -0.25) is 19.2 Å². The molecule has 0 spiro atoms. The number of ketones is 3. The van der Waals surface area contributed by atoms with E-state index in [0.29, 0.717) is 54.8 Å². The van der Waals surface area contributed by atoms with E-state index >= 15 is 0 Å². The number of carbonyl (C=O) groups is 4. The Hall–Kier alpha value is -2.24. The standard InChI is InChI=1S/C20H24O6/c1-11(21)12(20(24)25-2)9-10-13-18-14(22)5-3-7-16(18)26-17-8-4-6-15(23)19(13)17/h12-13H,3-10H2,1-2H3. The fraction of sp³-hybridized carbons (Fsp3) is 0.600. The van der Waals surface area contributed by atoms with Crippen molar-refractivity contribution in [2.24, 2.45) is 11.8 Å². The summed E-state index contributed by atoms with van der Waals surface area (Å²) in [5.41, 5.74) is 1.16. The van der Waals surface area contributed by atoms with Gasteiger partial charge >= 0.3 is 5.97 Å². The van der Waals surface area contributed by atoms with Crippen LogP contribution in [0.15, 0.2) is 22.7 Å². The highest BCUT2D eigenvalue weighted by Gasteiger charge is 2.41. The molecule has 140 valence electrons. The lowest BCUT2D eigenvalue weighted by atomic mass is 9.73. The van der Waals surface area contributed by atoms with Crippen molar-refractivity contribution in [2.45, 2.75) is 58.3 Å². The van der Waals surface area contributed by atoms with Crippen LogP contribution >= 0.6 is 0 Å². The van der Waals surface area contributed by atoms with Crippen molar-refractivity contribution in [3.8, 4) is 0 Å². The van der Waals surface area contributed by atoms with Crippen LogP contribution in [0.1, 0.15) is 58.3 Å². The molecule has 1 heterocycles. The quantitative estimate of drug-likeness (QED) is 0.553. The number of esters is 1. The molecule has 6 heteroatoms. The number of Topliss-reactive ketones (excluding diaryl/α,β-unsaturated/α-hetero) is 3. The maximum Gasteiger partial charge on any atom is 0.316 e. The summed E-state index contributed by atoms with van der Waals surface area (Å²) < 4.78 is 10.7. The summed E-state index contributed by atoms with van der Waals surface area (Å²) in [5, 5.41) is 0. The van der Waals surface area contributed by atoms with Gasteiger partial charge in [-0.05, 0) is 32.6 Å². The van der Waals surface area contributed by atoms with E-state index in [4.69, 9.17) is 9.47 Å². The molecule has 26 heavy (non-hydrogen) atoms. The predicted octanol–water partition coefficient (Wildman–Crippen LogP) is 2.81. The van der Waals surface area contributed by atoms with E-state index in [1.165, 1.54) is 14.0 Å². The van der Waals surface area contributed by atoms with Gasteiger partial charge in [0.05, 0.1) is 7.11 Å². The van der Waals surface area contributed by atoms with Crippen molar-refractivity contribution < 1.29 is 28.7 Å². The average molecular weight is 360 g/mol. The predicted molar refractivity (Wildman–Crippen MR) is 91.8 cm³/mol. The van der Waals surface area contributed by atoms with E-state index in [2.05, 4.69) is 0 Å². The average Bonchev–Trinajstić information content (AvgIpc) is 2.60. The Morgan fingerprint density at radius 2 is 1.58 bits per heavy atom. The van der Waals surface area contributed by atoms with Crippen molar-refractivity contribution in [1.82, 2.24) is 0 Å². The molecule has 2 aliphatic carbocycles.